The summed E-state index contributed by atoms with van der Waals surface area (Å²) in [4.78, 5) is 1.34. The fraction of sp³-hybridized carbons (Fsp3) is 0.692. The molecule has 1 aliphatic heterocycles. The minimum Gasteiger partial charge on any atom is -0.391 e. The Kier molecular flexibility index (Phi) is 6.17. The lowest BCUT2D eigenvalue weighted by molar-refractivity contribution is 0.115. The lowest BCUT2D eigenvalue weighted by atomic mass is 10.0. The molecule has 0 aromatic heterocycles. The molecule has 0 amide bonds. The first kappa shape index (κ1) is 13.8. The van der Waals surface area contributed by atoms with Crippen molar-refractivity contribution in [2.24, 2.45) is 5.92 Å². The maximum absolute atomic E-state index is 9.90. The Hall–Kier alpha value is -0.250. The zero-order valence-corrected chi connectivity index (χ0v) is 11.3. The number of allylic oxidation sites excluding steroid dienone is 4. The van der Waals surface area contributed by atoms with E-state index in [0.717, 1.165) is 18.7 Å². The van der Waals surface area contributed by atoms with Gasteiger partial charge in [-0.25, -0.2) is 0 Å². The van der Waals surface area contributed by atoms with Crippen molar-refractivity contribution in [1.82, 2.24) is 5.32 Å². The van der Waals surface area contributed by atoms with Crippen LogP contribution in [0.3, 0.4) is 0 Å². The van der Waals surface area contributed by atoms with E-state index in [2.05, 4.69) is 31.3 Å². The van der Waals surface area contributed by atoms with Crippen LogP contribution in [0.25, 0.3) is 0 Å². The van der Waals surface area contributed by atoms with Gasteiger partial charge in [0.25, 0.3) is 0 Å². The highest BCUT2D eigenvalue weighted by Gasteiger charge is 2.24. The molecule has 3 heteroatoms. The van der Waals surface area contributed by atoms with Crippen LogP contribution < -0.4 is 5.32 Å². The molecule has 92 valence electrons. The van der Waals surface area contributed by atoms with Crippen LogP contribution in [0.1, 0.15) is 27.2 Å². The highest BCUT2D eigenvalue weighted by atomic mass is 32.2. The summed E-state index contributed by atoms with van der Waals surface area (Å²) in [6, 6.07) is 0.322. The summed E-state index contributed by atoms with van der Waals surface area (Å²) >= 11 is 1.78. The van der Waals surface area contributed by atoms with Gasteiger partial charge >= 0.3 is 0 Å². The number of nitrogens with one attached hydrogen (secondary N) is 1. The van der Waals surface area contributed by atoms with E-state index in [1.54, 1.807) is 11.8 Å². The van der Waals surface area contributed by atoms with E-state index in [0.29, 0.717) is 12.0 Å². The summed E-state index contributed by atoms with van der Waals surface area (Å²) in [7, 11) is 0. The zero-order chi connectivity index (χ0) is 12.0. The predicted octanol–water partition coefficient (Wildman–Crippen LogP) is 2.56. The Morgan fingerprint density at radius 1 is 1.56 bits per heavy atom. The predicted molar refractivity (Wildman–Crippen MR) is 72.6 cm³/mol. The molecule has 0 aromatic rings. The van der Waals surface area contributed by atoms with Crippen molar-refractivity contribution in [1.29, 1.82) is 0 Å². The number of aliphatic hydroxyl groups excluding tert-OH is 1. The first-order chi connectivity index (χ1) is 7.65. The smallest absolute Gasteiger partial charge is 0.0787 e. The Bertz CT molecular complexity index is 257. The second-order valence-electron chi connectivity index (χ2n) is 4.48. The largest absolute Gasteiger partial charge is 0.391 e. The molecule has 0 saturated carbocycles. The van der Waals surface area contributed by atoms with Crippen LogP contribution in [0.4, 0.5) is 0 Å². The number of hydrogen-bond donors (Lipinski definition) is 2. The molecular weight excluding hydrogens is 218 g/mol. The average Bonchev–Trinajstić information content (AvgIpc) is 2.14. The number of hydrogen-bond acceptors (Lipinski definition) is 3. The zero-order valence-electron chi connectivity index (χ0n) is 10.4. The van der Waals surface area contributed by atoms with Gasteiger partial charge < -0.3 is 10.4 Å². The van der Waals surface area contributed by atoms with Crippen molar-refractivity contribution in [3.63, 3.8) is 0 Å². The molecule has 1 aliphatic rings. The maximum atomic E-state index is 9.90. The van der Waals surface area contributed by atoms with E-state index in [-0.39, 0.29) is 6.10 Å². The maximum Gasteiger partial charge on any atom is 0.0787 e. The molecule has 0 radical (unpaired) electrons. The molecule has 16 heavy (non-hydrogen) atoms. The van der Waals surface area contributed by atoms with Gasteiger partial charge in [0.2, 0.25) is 0 Å². The van der Waals surface area contributed by atoms with Crippen molar-refractivity contribution in [3.05, 3.63) is 23.1 Å². The topological polar surface area (TPSA) is 32.3 Å². The van der Waals surface area contributed by atoms with Crippen molar-refractivity contribution < 1.29 is 5.11 Å². The number of thioether (sulfide) groups is 1. The summed E-state index contributed by atoms with van der Waals surface area (Å²) in [5, 5.41) is 13.1. The third-order valence-electron chi connectivity index (χ3n) is 2.77. The Morgan fingerprint density at radius 3 is 2.69 bits per heavy atom. The van der Waals surface area contributed by atoms with Crippen molar-refractivity contribution in [3.8, 4) is 0 Å². The molecule has 0 bridgehead atoms. The summed E-state index contributed by atoms with van der Waals surface area (Å²) < 4.78 is 0. The normalized spacial score (nSPS) is 23.8. The Balaban J connectivity index is 2.36. The number of rotatable bonds is 6. The van der Waals surface area contributed by atoms with Gasteiger partial charge in [0.1, 0.15) is 0 Å². The Labute approximate surface area is 103 Å². The molecule has 2 atom stereocenters. The fourth-order valence-corrected chi connectivity index (χ4v) is 2.64. The van der Waals surface area contributed by atoms with Crippen LogP contribution in [-0.2, 0) is 0 Å². The SMILES string of the molecule is C/C=C\C=C(\SCC(O)[C@@H]1CCN1)C(C)C. The first-order valence-corrected chi connectivity index (χ1v) is 7.00. The molecule has 2 nitrogen and oxygen atoms in total. The molecular formula is C13H23NOS. The lowest BCUT2D eigenvalue weighted by Crippen LogP contribution is -2.51. The van der Waals surface area contributed by atoms with Gasteiger partial charge in [-0.3, -0.25) is 0 Å². The molecule has 0 spiro atoms. The van der Waals surface area contributed by atoms with Crippen LogP contribution in [0.2, 0.25) is 0 Å². The van der Waals surface area contributed by atoms with Gasteiger partial charge in [0.05, 0.1) is 6.10 Å². The summed E-state index contributed by atoms with van der Waals surface area (Å²) in [6.07, 6.45) is 7.14. The van der Waals surface area contributed by atoms with E-state index in [9.17, 15) is 5.11 Å². The molecule has 1 unspecified atom stereocenters. The van der Waals surface area contributed by atoms with Crippen LogP contribution >= 0.6 is 11.8 Å². The second kappa shape index (κ2) is 7.15. The second-order valence-corrected chi connectivity index (χ2v) is 5.57. The standard InChI is InChI=1S/C13H23NOS/c1-4-5-6-13(10(2)3)16-9-12(15)11-7-8-14-11/h4-6,10-12,14-15H,7-9H2,1-3H3/b5-4-,13-6+/t11-,12?/m0/s1. The molecule has 1 heterocycles. The van der Waals surface area contributed by atoms with Crippen LogP contribution in [0, 0.1) is 5.92 Å². The molecule has 0 aliphatic carbocycles. The monoisotopic (exact) mass is 241 g/mol. The highest BCUT2D eigenvalue weighted by molar-refractivity contribution is 8.03. The minimum absolute atomic E-state index is 0.216. The molecule has 2 N–H and O–H groups in total. The fourth-order valence-electron chi connectivity index (χ4n) is 1.54. The van der Waals surface area contributed by atoms with Crippen LogP contribution in [0.15, 0.2) is 23.1 Å². The average molecular weight is 241 g/mol. The summed E-state index contributed by atoms with van der Waals surface area (Å²) in [6.45, 7) is 7.46. The third kappa shape index (κ3) is 4.32. The Morgan fingerprint density at radius 2 is 2.25 bits per heavy atom. The van der Waals surface area contributed by atoms with E-state index < -0.39 is 0 Å². The van der Waals surface area contributed by atoms with Gasteiger partial charge in [0.15, 0.2) is 0 Å². The molecule has 0 aromatic carbocycles. The van der Waals surface area contributed by atoms with Gasteiger partial charge in [-0.05, 0) is 30.7 Å². The van der Waals surface area contributed by atoms with Gasteiger partial charge in [-0.2, -0.15) is 0 Å². The van der Waals surface area contributed by atoms with Crippen molar-refractivity contribution >= 4 is 11.8 Å². The van der Waals surface area contributed by atoms with Crippen molar-refractivity contribution in [2.75, 3.05) is 12.3 Å². The lowest BCUT2D eigenvalue weighted by Gasteiger charge is -2.32. The van der Waals surface area contributed by atoms with E-state index in [1.807, 2.05) is 13.0 Å². The van der Waals surface area contributed by atoms with E-state index >= 15 is 0 Å². The van der Waals surface area contributed by atoms with Crippen LogP contribution in [-0.4, -0.2) is 29.5 Å². The summed E-state index contributed by atoms with van der Waals surface area (Å²) in [5.74, 6) is 1.32. The van der Waals surface area contributed by atoms with Crippen LogP contribution in [0.5, 0.6) is 0 Å². The molecule has 1 fully saturated rings. The quantitative estimate of drug-likeness (QED) is 0.701. The minimum atomic E-state index is -0.216. The third-order valence-corrected chi connectivity index (χ3v) is 4.22. The highest BCUT2D eigenvalue weighted by Crippen LogP contribution is 2.26. The van der Waals surface area contributed by atoms with Gasteiger partial charge in [-0.15, -0.1) is 11.8 Å². The molecule has 1 rings (SSSR count). The van der Waals surface area contributed by atoms with Gasteiger partial charge in [0, 0.05) is 11.8 Å². The van der Waals surface area contributed by atoms with Gasteiger partial charge in [-0.1, -0.05) is 32.1 Å². The van der Waals surface area contributed by atoms with E-state index in [1.165, 1.54) is 4.91 Å². The first-order valence-electron chi connectivity index (χ1n) is 6.02. The van der Waals surface area contributed by atoms with Crippen molar-refractivity contribution in [2.45, 2.75) is 39.3 Å². The van der Waals surface area contributed by atoms with E-state index in [4.69, 9.17) is 0 Å². The molecule has 1 saturated heterocycles. The summed E-state index contributed by atoms with van der Waals surface area (Å²) in [5.41, 5.74) is 0. The number of aliphatic hydroxyl groups is 1.